The van der Waals surface area contributed by atoms with E-state index in [9.17, 15) is 31.5 Å². The quantitative estimate of drug-likeness (QED) is 0.288. The topological polar surface area (TPSA) is 106 Å². The fraction of sp³-hybridized carbons (Fsp3) is 0.115. The number of hydrogen-bond donors (Lipinski definition) is 2. The standard InChI is InChI=1S/C26H15ClF5N7O2/c27-18-3-2-15(28)8-17(18)21-22-23(37-25(41)13-5-14(26(30,31)32)7-16(29)6-13)36-24(38(22)10-20(40)35-21)12-1-4-19-33-11-34-39(19)9-12/h1-9,11,21H,10H2,(H,35,40)(H,37,41)/t21-/m1/s1. The molecular formula is C26H15ClF5N7O2. The number of rotatable bonds is 4. The van der Waals surface area contributed by atoms with Gasteiger partial charge in [-0.15, -0.1) is 0 Å². The van der Waals surface area contributed by atoms with Gasteiger partial charge in [-0.1, -0.05) is 11.6 Å². The Morgan fingerprint density at radius 3 is 2.66 bits per heavy atom. The fourth-order valence-corrected chi connectivity index (χ4v) is 4.85. The van der Waals surface area contributed by atoms with Crippen LogP contribution in [0.5, 0.6) is 0 Å². The summed E-state index contributed by atoms with van der Waals surface area (Å²) in [5.41, 5.74) is -0.723. The maximum atomic E-state index is 14.3. The van der Waals surface area contributed by atoms with Crippen LogP contribution in [-0.2, 0) is 17.5 Å². The molecule has 0 spiro atoms. The van der Waals surface area contributed by atoms with Crippen LogP contribution in [0.15, 0.2) is 61.1 Å². The Kier molecular flexibility index (Phi) is 6.21. The van der Waals surface area contributed by atoms with Gasteiger partial charge in [0, 0.05) is 27.9 Å². The Labute approximate surface area is 231 Å². The Bertz CT molecular complexity index is 1870. The maximum absolute atomic E-state index is 14.3. The molecule has 2 aromatic carbocycles. The minimum absolute atomic E-state index is 0.0918. The van der Waals surface area contributed by atoms with Crippen LogP contribution < -0.4 is 10.6 Å². The first-order valence-electron chi connectivity index (χ1n) is 11.8. The molecule has 0 saturated heterocycles. The predicted octanol–water partition coefficient (Wildman–Crippen LogP) is 5.01. The maximum Gasteiger partial charge on any atom is 0.416 e. The van der Waals surface area contributed by atoms with E-state index >= 15 is 0 Å². The van der Waals surface area contributed by atoms with E-state index in [0.717, 1.165) is 12.1 Å². The van der Waals surface area contributed by atoms with Crippen LogP contribution in [0.25, 0.3) is 17.0 Å². The number of nitrogens with one attached hydrogen (secondary N) is 2. The fourth-order valence-electron chi connectivity index (χ4n) is 4.62. The van der Waals surface area contributed by atoms with E-state index in [4.69, 9.17) is 11.6 Å². The van der Waals surface area contributed by atoms with Crippen LogP contribution in [0, 0.1) is 11.6 Å². The first-order chi connectivity index (χ1) is 19.5. The van der Waals surface area contributed by atoms with E-state index in [-0.39, 0.29) is 40.5 Å². The molecule has 5 aromatic rings. The number of fused-ring (bicyclic) bond motifs is 2. The van der Waals surface area contributed by atoms with Crippen molar-refractivity contribution in [3.05, 3.63) is 100 Å². The van der Waals surface area contributed by atoms with Crippen molar-refractivity contribution in [3.8, 4) is 11.4 Å². The van der Waals surface area contributed by atoms with Crippen molar-refractivity contribution in [3.63, 3.8) is 0 Å². The summed E-state index contributed by atoms with van der Waals surface area (Å²) >= 11 is 6.35. The zero-order valence-corrected chi connectivity index (χ0v) is 21.1. The smallest absolute Gasteiger partial charge is 0.342 e. The van der Waals surface area contributed by atoms with Crippen LogP contribution in [0.3, 0.4) is 0 Å². The molecule has 41 heavy (non-hydrogen) atoms. The van der Waals surface area contributed by atoms with Gasteiger partial charge in [0.1, 0.15) is 30.3 Å². The average Bonchev–Trinajstić information content (AvgIpc) is 3.53. The number of nitrogens with zero attached hydrogens (tertiary/aromatic N) is 5. The number of alkyl halides is 3. The molecule has 2 amide bonds. The highest BCUT2D eigenvalue weighted by Crippen LogP contribution is 2.38. The number of hydrogen-bond acceptors (Lipinski definition) is 5. The van der Waals surface area contributed by atoms with Gasteiger partial charge in [0.2, 0.25) is 5.91 Å². The molecule has 1 aliphatic rings. The highest BCUT2D eigenvalue weighted by atomic mass is 35.5. The van der Waals surface area contributed by atoms with Crippen molar-refractivity contribution in [1.82, 2.24) is 29.5 Å². The molecule has 1 atom stereocenters. The first-order valence-corrected chi connectivity index (χ1v) is 12.2. The molecule has 208 valence electrons. The van der Waals surface area contributed by atoms with Crippen molar-refractivity contribution in [1.29, 1.82) is 0 Å². The third-order valence-electron chi connectivity index (χ3n) is 6.41. The number of amides is 2. The van der Waals surface area contributed by atoms with Gasteiger partial charge >= 0.3 is 6.18 Å². The molecule has 2 N–H and O–H groups in total. The van der Waals surface area contributed by atoms with Gasteiger partial charge in [-0.3, -0.25) is 9.59 Å². The number of carbonyl (C=O) groups is 2. The number of imidazole rings is 1. The summed E-state index contributed by atoms with van der Waals surface area (Å²) in [7, 11) is 0. The van der Waals surface area contributed by atoms with Crippen LogP contribution in [0.1, 0.15) is 33.2 Å². The number of aromatic nitrogens is 5. The lowest BCUT2D eigenvalue weighted by molar-refractivity contribution is -0.137. The molecule has 0 fully saturated rings. The van der Waals surface area contributed by atoms with Crippen LogP contribution >= 0.6 is 11.6 Å². The normalized spacial score (nSPS) is 15.1. The summed E-state index contributed by atoms with van der Waals surface area (Å²) < 4.78 is 71.1. The van der Waals surface area contributed by atoms with Crippen molar-refractivity contribution in [2.45, 2.75) is 18.8 Å². The monoisotopic (exact) mass is 587 g/mol. The third kappa shape index (κ3) is 4.86. The summed E-state index contributed by atoms with van der Waals surface area (Å²) in [6.07, 6.45) is -2.00. The van der Waals surface area contributed by atoms with Crippen LogP contribution in [0.2, 0.25) is 5.02 Å². The Hall–Kier alpha value is -4.85. The van der Waals surface area contributed by atoms with Gasteiger partial charge in [0.15, 0.2) is 11.5 Å². The van der Waals surface area contributed by atoms with Gasteiger partial charge in [0.05, 0.1) is 17.3 Å². The van der Waals surface area contributed by atoms with Gasteiger partial charge in [0.25, 0.3) is 5.91 Å². The van der Waals surface area contributed by atoms with Crippen LogP contribution in [-0.4, -0.2) is 36.0 Å². The highest BCUT2D eigenvalue weighted by molar-refractivity contribution is 6.31. The van der Waals surface area contributed by atoms with Gasteiger partial charge < -0.3 is 15.2 Å². The molecule has 0 radical (unpaired) electrons. The zero-order chi connectivity index (χ0) is 29.1. The number of carbonyl (C=O) groups excluding carboxylic acids is 2. The summed E-state index contributed by atoms with van der Waals surface area (Å²) in [4.78, 5) is 34.6. The minimum atomic E-state index is -4.90. The number of benzene rings is 2. The molecular weight excluding hydrogens is 573 g/mol. The molecule has 6 rings (SSSR count). The summed E-state index contributed by atoms with van der Waals surface area (Å²) in [6.45, 7) is -0.273. The van der Waals surface area contributed by atoms with E-state index in [1.54, 1.807) is 18.3 Å². The van der Waals surface area contributed by atoms with E-state index in [1.165, 1.54) is 21.5 Å². The third-order valence-corrected chi connectivity index (χ3v) is 6.75. The number of pyridine rings is 1. The molecule has 0 saturated carbocycles. The van der Waals surface area contributed by atoms with Crippen LogP contribution in [0.4, 0.5) is 27.8 Å². The molecule has 0 aliphatic carbocycles. The van der Waals surface area contributed by atoms with Gasteiger partial charge in [-0.25, -0.2) is 23.3 Å². The second kappa shape index (κ2) is 9.66. The summed E-state index contributed by atoms with van der Waals surface area (Å²) in [5.74, 6) is -3.51. The Balaban J connectivity index is 1.52. The van der Waals surface area contributed by atoms with E-state index in [0.29, 0.717) is 23.3 Å². The molecule has 1 aliphatic heterocycles. The zero-order valence-electron chi connectivity index (χ0n) is 20.4. The Morgan fingerprint density at radius 1 is 1.07 bits per heavy atom. The largest absolute Gasteiger partial charge is 0.416 e. The SMILES string of the molecule is O=C1Cn2c(-c3ccc4ncnn4c3)nc(NC(=O)c3cc(F)cc(C(F)(F)F)c3)c2[C@@H](c2cc(F)ccc2Cl)N1. The first kappa shape index (κ1) is 26.4. The minimum Gasteiger partial charge on any atom is -0.342 e. The molecule has 9 nitrogen and oxygen atoms in total. The van der Waals surface area contributed by atoms with Crippen molar-refractivity contribution in [2.75, 3.05) is 5.32 Å². The van der Waals surface area contributed by atoms with E-state index in [1.807, 2.05) is 0 Å². The second-order valence-corrected chi connectivity index (χ2v) is 9.49. The molecule has 4 heterocycles. The lowest BCUT2D eigenvalue weighted by Crippen LogP contribution is -2.39. The lowest BCUT2D eigenvalue weighted by atomic mass is 10.0. The molecule has 15 heteroatoms. The summed E-state index contributed by atoms with van der Waals surface area (Å²) in [6, 6.07) is 7.09. The van der Waals surface area contributed by atoms with Gasteiger partial charge in [-0.05, 0) is 48.5 Å². The number of halogens is 6. The van der Waals surface area contributed by atoms with E-state index in [2.05, 4.69) is 25.7 Å². The predicted molar refractivity (Wildman–Crippen MR) is 135 cm³/mol. The van der Waals surface area contributed by atoms with E-state index < -0.39 is 46.8 Å². The molecule has 0 bridgehead atoms. The van der Waals surface area contributed by atoms with Gasteiger partial charge in [-0.2, -0.15) is 18.3 Å². The highest BCUT2D eigenvalue weighted by Gasteiger charge is 2.36. The average molecular weight is 588 g/mol. The molecule has 0 unspecified atom stereocenters. The number of anilines is 1. The van der Waals surface area contributed by atoms with Crippen molar-refractivity contribution >= 4 is 34.9 Å². The van der Waals surface area contributed by atoms with Crippen molar-refractivity contribution < 1.29 is 31.5 Å². The summed E-state index contributed by atoms with van der Waals surface area (Å²) in [5, 5.41) is 9.31. The van der Waals surface area contributed by atoms with Crippen molar-refractivity contribution in [2.24, 2.45) is 0 Å². The lowest BCUT2D eigenvalue weighted by Gasteiger charge is -2.28. The molecule has 3 aromatic heterocycles. The Morgan fingerprint density at radius 2 is 1.88 bits per heavy atom. The second-order valence-electron chi connectivity index (χ2n) is 9.08.